The van der Waals surface area contributed by atoms with Gasteiger partial charge in [0.15, 0.2) is 0 Å². The molecule has 0 aromatic heterocycles. The number of ether oxygens (including phenoxy) is 2. The summed E-state index contributed by atoms with van der Waals surface area (Å²) in [6, 6.07) is 0. The number of halogens is 1. The lowest BCUT2D eigenvalue weighted by Gasteiger charge is -2.38. The van der Waals surface area contributed by atoms with Crippen molar-refractivity contribution in [2.75, 3.05) is 7.11 Å². The van der Waals surface area contributed by atoms with Gasteiger partial charge in [-0.15, -0.1) is 0 Å². The minimum absolute atomic E-state index is 0.178. The fraction of sp³-hybridized carbons (Fsp3) is 0.917. The molecule has 4 heteroatoms. The maximum Gasteiger partial charge on any atom is 0.357 e. The van der Waals surface area contributed by atoms with Gasteiger partial charge in [-0.05, 0) is 30.6 Å². The van der Waals surface area contributed by atoms with Gasteiger partial charge in [0.05, 0.1) is 7.11 Å². The van der Waals surface area contributed by atoms with Crippen molar-refractivity contribution < 1.29 is 14.3 Å². The predicted molar refractivity (Wildman–Crippen MR) is 61.2 cm³/mol. The summed E-state index contributed by atoms with van der Waals surface area (Å²) in [5.74, 6) is -0.157. The lowest BCUT2D eigenvalue weighted by Crippen LogP contribution is -2.42. The molecule has 1 heterocycles. The van der Waals surface area contributed by atoms with Gasteiger partial charge in [0.2, 0.25) is 0 Å². The Labute approximate surface area is 101 Å². The number of epoxide rings is 1. The van der Waals surface area contributed by atoms with Gasteiger partial charge in [0, 0.05) is 0 Å². The van der Waals surface area contributed by atoms with Crippen molar-refractivity contribution in [1.82, 2.24) is 0 Å². The Hall–Kier alpha value is -0.280. The first-order valence-electron chi connectivity index (χ1n) is 5.75. The zero-order valence-corrected chi connectivity index (χ0v) is 11.1. The molecule has 2 fully saturated rings. The van der Waals surface area contributed by atoms with Crippen molar-refractivity contribution in [2.45, 2.75) is 50.7 Å². The molecule has 0 N–H and O–H groups in total. The highest BCUT2D eigenvalue weighted by atomic mass is 35.5. The highest BCUT2D eigenvalue weighted by Crippen LogP contribution is 2.65. The van der Waals surface area contributed by atoms with Gasteiger partial charge in [0.1, 0.15) is 5.60 Å². The molecule has 92 valence electrons. The molecule has 1 saturated carbocycles. The fourth-order valence-electron chi connectivity index (χ4n) is 2.95. The quantitative estimate of drug-likeness (QED) is 0.406. The molecule has 1 saturated heterocycles. The molecule has 2 rings (SSSR count). The van der Waals surface area contributed by atoms with Gasteiger partial charge in [-0.2, -0.15) is 0 Å². The van der Waals surface area contributed by atoms with Crippen molar-refractivity contribution >= 4 is 17.6 Å². The van der Waals surface area contributed by atoms with Gasteiger partial charge in [-0.25, -0.2) is 4.79 Å². The maximum absolute atomic E-state index is 11.6. The van der Waals surface area contributed by atoms with Crippen LogP contribution in [-0.2, 0) is 14.3 Å². The molecule has 3 atom stereocenters. The van der Waals surface area contributed by atoms with E-state index in [1.165, 1.54) is 7.11 Å². The van der Waals surface area contributed by atoms with Crippen LogP contribution in [0.4, 0.5) is 0 Å². The number of esters is 1. The molecule has 0 aromatic carbocycles. The average Bonchev–Trinajstić information content (AvgIpc) is 2.79. The van der Waals surface area contributed by atoms with E-state index >= 15 is 0 Å². The van der Waals surface area contributed by atoms with E-state index in [2.05, 4.69) is 20.8 Å². The van der Waals surface area contributed by atoms with Crippen LogP contribution in [0.25, 0.3) is 0 Å². The van der Waals surface area contributed by atoms with Gasteiger partial charge in [-0.3, -0.25) is 0 Å². The minimum atomic E-state index is -1.24. The maximum atomic E-state index is 11.6. The fourth-order valence-corrected chi connectivity index (χ4v) is 3.42. The Morgan fingerprint density at radius 3 is 2.69 bits per heavy atom. The van der Waals surface area contributed by atoms with Crippen molar-refractivity contribution in [3.63, 3.8) is 0 Å². The normalized spacial score (nSPS) is 45.4. The summed E-state index contributed by atoms with van der Waals surface area (Å²) in [5, 5.41) is -1.24. The van der Waals surface area contributed by atoms with Crippen LogP contribution in [0.2, 0.25) is 0 Å². The molecule has 1 aliphatic heterocycles. The highest BCUT2D eigenvalue weighted by Gasteiger charge is 2.78. The molecule has 3 unspecified atom stereocenters. The first-order chi connectivity index (χ1) is 7.27. The number of alkyl halides is 1. The van der Waals surface area contributed by atoms with Crippen molar-refractivity contribution in [2.24, 2.45) is 11.3 Å². The molecule has 0 aromatic rings. The summed E-state index contributed by atoms with van der Waals surface area (Å²) >= 11 is 6.26. The Kier molecular flexibility index (Phi) is 2.56. The van der Waals surface area contributed by atoms with Crippen LogP contribution in [-0.4, -0.2) is 23.7 Å². The average molecular weight is 247 g/mol. The summed E-state index contributed by atoms with van der Waals surface area (Å²) in [6.07, 6.45) is 3.01. The van der Waals surface area contributed by atoms with Crippen molar-refractivity contribution in [3.05, 3.63) is 0 Å². The Morgan fingerprint density at radius 2 is 2.12 bits per heavy atom. The number of carbonyl (C=O) groups is 1. The third kappa shape index (κ3) is 1.48. The van der Waals surface area contributed by atoms with Gasteiger partial charge >= 0.3 is 5.97 Å². The molecule has 0 amide bonds. The Balaban J connectivity index is 2.24. The first-order valence-corrected chi connectivity index (χ1v) is 6.13. The number of carbonyl (C=O) groups excluding carboxylic acids is 1. The molecular formula is C12H19ClO3. The first kappa shape index (κ1) is 12.2. The molecule has 0 radical (unpaired) electrons. The van der Waals surface area contributed by atoms with Gasteiger partial charge in [0.25, 0.3) is 5.06 Å². The molecular weight excluding hydrogens is 228 g/mol. The van der Waals surface area contributed by atoms with Crippen LogP contribution in [0.5, 0.6) is 0 Å². The lowest BCUT2D eigenvalue weighted by molar-refractivity contribution is -0.143. The SMILES string of the molecule is COC(=O)C1(Cl)OC12CC(C)(C)CCC2C. The molecule has 2 aliphatic rings. The number of hydrogen-bond donors (Lipinski definition) is 0. The molecule has 3 nitrogen and oxygen atoms in total. The lowest BCUT2D eigenvalue weighted by atomic mass is 9.66. The monoisotopic (exact) mass is 246 g/mol. The number of hydrogen-bond acceptors (Lipinski definition) is 3. The van der Waals surface area contributed by atoms with E-state index in [4.69, 9.17) is 21.1 Å². The second kappa shape index (κ2) is 3.36. The summed E-state index contributed by atoms with van der Waals surface area (Å²) in [6.45, 7) is 6.48. The minimum Gasteiger partial charge on any atom is -0.466 e. The Bertz CT molecular complexity index is 328. The molecule has 1 aliphatic carbocycles. The van der Waals surface area contributed by atoms with E-state index in [-0.39, 0.29) is 5.41 Å². The standard InChI is InChI=1S/C12H19ClO3/c1-8-5-6-10(2,3)7-11(8)12(13,16-11)9(14)15-4/h8H,5-7H2,1-4H3. The topological polar surface area (TPSA) is 38.8 Å². The summed E-state index contributed by atoms with van der Waals surface area (Å²) in [4.78, 5) is 11.6. The zero-order chi connectivity index (χ0) is 12.2. The van der Waals surface area contributed by atoms with Gasteiger partial charge < -0.3 is 9.47 Å². The van der Waals surface area contributed by atoms with Crippen molar-refractivity contribution in [1.29, 1.82) is 0 Å². The van der Waals surface area contributed by atoms with E-state index < -0.39 is 16.6 Å². The largest absolute Gasteiger partial charge is 0.466 e. The van der Waals surface area contributed by atoms with Crippen LogP contribution >= 0.6 is 11.6 Å². The van der Waals surface area contributed by atoms with Gasteiger partial charge in [-0.1, -0.05) is 32.4 Å². The van der Waals surface area contributed by atoms with Crippen molar-refractivity contribution in [3.8, 4) is 0 Å². The Morgan fingerprint density at radius 1 is 1.50 bits per heavy atom. The second-order valence-electron chi connectivity index (χ2n) is 5.86. The summed E-state index contributed by atoms with van der Waals surface area (Å²) < 4.78 is 10.3. The molecule has 0 bridgehead atoms. The highest BCUT2D eigenvalue weighted by molar-refractivity contribution is 6.36. The van der Waals surface area contributed by atoms with Crippen LogP contribution < -0.4 is 0 Å². The number of rotatable bonds is 1. The number of methoxy groups -OCH3 is 1. The molecule has 16 heavy (non-hydrogen) atoms. The zero-order valence-electron chi connectivity index (χ0n) is 10.3. The van der Waals surface area contributed by atoms with Crippen LogP contribution in [0.1, 0.15) is 40.0 Å². The van der Waals surface area contributed by atoms with E-state index in [1.54, 1.807) is 0 Å². The van der Waals surface area contributed by atoms with E-state index in [0.717, 1.165) is 19.3 Å². The van der Waals surface area contributed by atoms with Crippen LogP contribution in [0, 0.1) is 11.3 Å². The predicted octanol–water partition coefficient (Wildman–Crippen LogP) is 2.71. The smallest absolute Gasteiger partial charge is 0.357 e. The van der Waals surface area contributed by atoms with Crippen LogP contribution in [0.15, 0.2) is 0 Å². The van der Waals surface area contributed by atoms with E-state index in [9.17, 15) is 4.79 Å². The third-order valence-corrected chi connectivity index (χ3v) is 4.62. The molecule has 1 spiro atoms. The van der Waals surface area contributed by atoms with E-state index in [0.29, 0.717) is 5.92 Å². The third-order valence-electron chi connectivity index (χ3n) is 4.06. The summed E-state index contributed by atoms with van der Waals surface area (Å²) in [5.41, 5.74) is -0.333. The van der Waals surface area contributed by atoms with E-state index in [1.807, 2.05) is 0 Å². The van der Waals surface area contributed by atoms with Crippen LogP contribution in [0.3, 0.4) is 0 Å². The summed E-state index contributed by atoms with van der Waals surface area (Å²) in [7, 11) is 1.35. The second-order valence-corrected chi connectivity index (χ2v) is 6.39.